The van der Waals surface area contributed by atoms with E-state index in [0.717, 1.165) is 37.3 Å². The van der Waals surface area contributed by atoms with Gasteiger partial charge in [-0.05, 0) is 46.9 Å². The van der Waals surface area contributed by atoms with Gasteiger partial charge in [-0.25, -0.2) is 9.07 Å². The lowest BCUT2D eigenvalue weighted by Crippen LogP contribution is -2.41. The zero-order chi connectivity index (χ0) is 17.1. The van der Waals surface area contributed by atoms with E-state index in [1.165, 1.54) is 12.1 Å². The molecule has 1 atom stereocenters. The van der Waals surface area contributed by atoms with Crippen molar-refractivity contribution < 1.29 is 9.50 Å². The van der Waals surface area contributed by atoms with E-state index in [4.69, 9.17) is 0 Å². The van der Waals surface area contributed by atoms with Gasteiger partial charge >= 0.3 is 0 Å². The zero-order valence-corrected chi connectivity index (χ0v) is 14.1. The molecule has 2 heterocycles. The minimum atomic E-state index is -0.248. The van der Waals surface area contributed by atoms with Crippen LogP contribution < -0.4 is 0 Å². The van der Waals surface area contributed by atoms with E-state index in [1.54, 1.807) is 16.8 Å². The van der Waals surface area contributed by atoms with E-state index in [1.807, 2.05) is 0 Å². The Morgan fingerprint density at radius 3 is 2.50 bits per heavy atom. The minimum Gasteiger partial charge on any atom is -0.393 e. The first-order chi connectivity index (χ1) is 11.5. The Balaban J connectivity index is 1.81. The van der Waals surface area contributed by atoms with Gasteiger partial charge in [0, 0.05) is 13.1 Å². The smallest absolute Gasteiger partial charge is 0.169 e. The fourth-order valence-electron chi connectivity index (χ4n) is 3.35. The van der Waals surface area contributed by atoms with Crippen LogP contribution in [-0.2, 0) is 6.54 Å². The highest BCUT2D eigenvalue weighted by Gasteiger charge is 2.31. The number of likely N-dealkylation sites (tertiary alicyclic amines) is 1. The topological polar surface area (TPSA) is 67.1 Å². The van der Waals surface area contributed by atoms with Crippen LogP contribution in [0.5, 0.6) is 0 Å². The van der Waals surface area contributed by atoms with Gasteiger partial charge in [0.1, 0.15) is 5.82 Å². The van der Waals surface area contributed by atoms with Crippen LogP contribution in [0, 0.1) is 11.7 Å². The first-order valence-corrected chi connectivity index (χ1v) is 8.47. The van der Waals surface area contributed by atoms with Crippen molar-refractivity contribution in [1.29, 1.82) is 0 Å². The van der Waals surface area contributed by atoms with E-state index >= 15 is 0 Å². The Labute approximate surface area is 141 Å². The fraction of sp³-hybridized carbons (Fsp3) is 0.588. The van der Waals surface area contributed by atoms with Crippen LogP contribution in [0.15, 0.2) is 24.3 Å². The predicted octanol–water partition coefficient (Wildman–Crippen LogP) is 2.01. The number of nitrogens with zero attached hydrogens (tertiary/aromatic N) is 5. The van der Waals surface area contributed by atoms with Crippen LogP contribution in [0.3, 0.4) is 0 Å². The van der Waals surface area contributed by atoms with Crippen molar-refractivity contribution in [3.8, 4) is 0 Å². The molecule has 1 aromatic carbocycles. The third-order valence-electron chi connectivity index (χ3n) is 4.59. The molecule has 1 unspecified atom stereocenters. The Morgan fingerprint density at radius 2 is 1.88 bits per heavy atom. The first-order valence-electron chi connectivity index (χ1n) is 8.47. The van der Waals surface area contributed by atoms with Gasteiger partial charge in [0.2, 0.25) is 0 Å². The van der Waals surface area contributed by atoms with Crippen molar-refractivity contribution in [2.45, 2.75) is 45.4 Å². The molecule has 0 radical (unpaired) electrons. The number of aliphatic hydroxyl groups excluding tert-OH is 1. The summed E-state index contributed by atoms with van der Waals surface area (Å²) in [5, 5.41) is 22.0. The quantitative estimate of drug-likeness (QED) is 0.907. The van der Waals surface area contributed by atoms with Gasteiger partial charge in [-0.2, -0.15) is 0 Å². The Kier molecular flexibility index (Phi) is 5.20. The molecule has 24 heavy (non-hydrogen) atoms. The predicted molar refractivity (Wildman–Crippen MR) is 87.7 cm³/mol. The fourth-order valence-corrected chi connectivity index (χ4v) is 3.35. The monoisotopic (exact) mass is 333 g/mol. The van der Waals surface area contributed by atoms with E-state index < -0.39 is 0 Å². The molecule has 0 amide bonds. The van der Waals surface area contributed by atoms with Crippen LogP contribution in [-0.4, -0.2) is 49.4 Å². The summed E-state index contributed by atoms with van der Waals surface area (Å²) in [5.41, 5.74) is 0.960. The second-order valence-electron chi connectivity index (χ2n) is 6.78. The molecule has 1 fully saturated rings. The highest BCUT2D eigenvalue weighted by molar-refractivity contribution is 5.16. The highest BCUT2D eigenvalue weighted by Crippen LogP contribution is 2.29. The van der Waals surface area contributed by atoms with E-state index in [-0.39, 0.29) is 18.0 Å². The van der Waals surface area contributed by atoms with Crippen molar-refractivity contribution in [3.63, 3.8) is 0 Å². The van der Waals surface area contributed by atoms with Crippen molar-refractivity contribution in [2.24, 2.45) is 5.92 Å². The summed E-state index contributed by atoms with van der Waals surface area (Å²) in [6.07, 6.45) is 1.36. The molecule has 0 bridgehead atoms. The van der Waals surface area contributed by atoms with Crippen molar-refractivity contribution in [3.05, 3.63) is 41.5 Å². The number of aliphatic hydroxyl groups is 1. The number of rotatable bonds is 5. The SMILES string of the molecule is CC(C)C(c1nnnn1Cc1ccc(F)cc1)N1CCC(O)CC1. The molecule has 7 heteroatoms. The molecular weight excluding hydrogens is 309 g/mol. The third kappa shape index (κ3) is 3.79. The van der Waals surface area contributed by atoms with Crippen LogP contribution in [0.2, 0.25) is 0 Å². The van der Waals surface area contributed by atoms with E-state index in [9.17, 15) is 9.50 Å². The van der Waals surface area contributed by atoms with Crippen LogP contribution in [0.4, 0.5) is 4.39 Å². The molecule has 0 spiro atoms. The normalized spacial score (nSPS) is 18.2. The number of aromatic nitrogens is 4. The maximum absolute atomic E-state index is 13.1. The van der Waals surface area contributed by atoms with Gasteiger partial charge in [0.25, 0.3) is 0 Å². The largest absolute Gasteiger partial charge is 0.393 e. The Bertz CT molecular complexity index is 649. The van der Waals surface area contributed by atoms with Gasteiger partial charge < -0.3 is 5.11 Å². The highest BCUT2D eigenvalue weighted by atomic mass is 19.1. The Hall–Kier alpha value is -1.86. The van der Waals surface area contributed by atoms with Crippen molar-refractivity contribution >= 4 is 0 Å². The third-order valence-corrected chi connectivity index (χ3v) is 4.59. The molecule has 2 aromatic rings. The summed E-state index contributed by atoms with van der Waals surface area (Å²) in [4.78, 5) is 2.35. The second-order valence-corrected chi connectivity index (χ2v) is 6.78. The average molecular weight is 333 g/mol. The van der Waals surface area contributed by atoms with Gasteiger partial charge in [-0.1, -0.05) is 26.0 Å². The lowest BCUT2D eigenvalue weighted by atomic mass is 9.97. The molecule has 1 N–H and O–H groups in total. The molecule has 130 valence electrons. The Morgan fingerprint density at radius 1 is 1.21 bits per heavy atom. The van der Waals surface area contributed by atoms with Crippen molar-refractivity contribution in [1.82, 2.24) is 25.1 Å². The molecule has 1 aliphatic rings. The summed E-state index contributed by atoms with van der Waals surface area (Å²) < 4.78 is 14.9. The molecule has 1 aliphatic heterocycles. The summed E-state index contributed by atoms with van der Waals surface area (Å²) >= 11 is 0. The van der Waals surface area contributed by atoms with E-state index in [2.05, 4.69) is 34.3 Å². The first kappa shape index (κ1) is 17.0. The summed E-state index contributed by atoms with van der Waals surface area (Å²) in [7, 11) is 0. The maximum Gasteiger partial charge on any atom is 0.169 e. The van der Waals surface area contributed by atoms with Gasteiger partial charge in [-0.15, -0.1) is 5.10 Å². The zero-order valence-electron chi connectivity index (χ0n) is 14.1. The number of piperidine rings is 1. The molecule has 0 aliphatic carbocycles. The molecule has 0 saturated carbocycles. The van der Waals surface area contributed by atoms with Crippen LogP contribution in [0.1, 0.15) is 44.1 Å². The van der Waals surface area contributed by atoms with E-state index in [0.29, 0.717) is 12.5 Å². The average Bonchev–Trinajstić information content (AvgIpc) is 2.99. The van der Waals surface area contributed by atoms with Crippen LogP contribution >= 0.6 is 0 Å². The second kappa shape index (κ2) is 7.36. The molecule has 1 aromatic heterocycles. The summed E-state index contributed by atoms with van der Waals surface area (Å²) in [6, 6.07) is 6.51. The van der Waals surface area contributed by atoms with Gasteiger partial charge in [0.05, 0.1) is 18.7 Å². The summed E-state index contributed by atoms with van der Waals surface area (Å²) in [5.74, 6) is 0.923. The minimum absolute atomic E-state index is 0.105. The van der Waals surface area contributed by atoms with Crippen LogP contribution in [0.25, 0.3) is 0 Å². The summed E-state index contributed by atoms with van der Waals surface area (Å²) in [6.45, 7) is 6.52. The number of tetrazole rings is 1. The van der Waals surface area contributed by atoms with Gasteiger partial charge in [0.15, 0.2) is 5.82 Å². The van der Waals surface area contributed by atoms with Crippen molar-refractivity contribution in [2.75, 3.05) is 13.1 Å². The van der Waals surface area contributed by atoms with Gasteiger partial charge in [-0.3, -0.25) is 4.90 Å². The lowest BCUT2D eigenvalue weighted by Gasteiger charge is -2.37. The maximum atomic E-state index is 13.1. The molecule has 1 saturated heterocycles. The molecule has 6 nitrogen and oxygen atoms in total. The standard InChI is InChI=1S/C17H24FN5O/c1-12(2)16(22-9-7-15(24)8-10-22)17-19-20-21-23(17)11-13-3-5-14(18)6-4-13/h3-6,12,15-16,24H,7-11H2,1-2H3. The number of hydrogen-bond acceptors (Lipinski definition) is 5. The molecular formula is C17H24FN5O. The molecule has 3 rings (SSSR count). The number of halogens is 1. The lowest BCUT2D eigenvalue weighted by molar-refractivity contribution is 0.0436. The number of benzene rings is 1. The number of hydrogen-bond donors (Lipinski definition) is 1.